The smallest absolute Gasteiger partial charge is 0.320 e. The van der Waals surface area contributed by atoms with Crippen molar-refractivity contribution in [2.24, 2.45) is 0 Å². The van der Waals surface area contributed by atoms with Crippen LogP contribution in [0.15, 0.2) is 28.9 Å². The molecule has 98 valence electrons. The van der Waals surface area contributed by atoms with Crippen LogP contribution in [0.3, 0.4) is 0 Å². The zero-order valence-electron chi connectivity index (χ0n) is 10.1. The highest BCUT2D eigenvalue weighted by atomic mass is 79.9. The number of nitrogens with one attached hydrogen (secondary N) is 2. The summed E-state index contributed by atoms with van der Waals surface area (Å²) in [6.45, 7) is 1.39. The quantitative estimate of drug-likeness (QED) is 0.906. The number of halogens is 1. The number of hydrogen-bond acceptors (Lipinski definition) is 4. The molecule has 19 heavy (non-hydrogen) atoms. The Morgan fingerprint density at radius 1 is 1.32 bits per heavy atom. The molecule has 0 atom stereocenters. The van der Waals surface area contributed by atoms with E-state index in [2.05, 4.69) is 36.5 Å². The molecule has 0 fully saturated rings. The molecule has 0 aromatic carbocycles. The van der Waals surface area contributed by atoms with Gasteiger partial charge in [-0.05, 0) is 41.1 Å². The topological polar surface area (TPSA) is 84.0 Å². The molecule has 7 heteroatoms. The van der Waals surface area contributed by atoms with Gasteiger partial charge in [0.25, 0.3) is 0 Å². The number of amides is 2. The lowest BCUT2D eigenvalue weighted by Gasteiger charge is -2.06. The zero-order valence-corrected chi connectivity index (χ0v) is 11.7. The molecule has 6 nitrogen and oxygen atoms in total. The van der Waals surface area contributed by atoms with Crippen molar-refractivity contribution in [1.29, 1.82) is 0 Å². The number of fused-ring (bicyclic) bond motifs is 1. The predicted molar refractivity (Wildman–Crippen MR) is 74.9 cm³/mol. The predicted octanol–water partition coefficient (Wildman–Crippen LogP) is 2.10. The first kappa shape index (κ1) is 13.4. The molecule has 2 N–H and O–H groups in total. The van der Waals surface area contributed by atoms with Crippen molar-refractivity contribution in [2.45, 2.75) is 6.92 Å². The van der Waals surface area contributed by atoms with Crippen LogP contribution in [0, 0.1) is 0 Å². The van der Waals surface area contributed by atoms with Gasteiger partial charge in [-0.25, -0.2) is 9.78 Å². The van der Waals surface area contributed by atoms with Crippen LogP contribution in [-0.4, -0.2) is 28.3 Å². The average Bonchev–Trinajstić information content (AvgIpc) is 2.36. The Morgan fingerprint density at radius 3 is 2.84 bits per heavy atom. The third-order valence-corrected chi connectivity index (χ3v) is 2.68. The summed E-state index contributed by atoms with van der Waals surface area (Å²) in [5.41, 5.74) is 1.40. The minimum absolute atomic E-state index is 0.00742. The number of urea groups is 1. The highest BCUT2D eigenvalue weighted by Gasteiger charge is 2.05. The normalized spacial score (nSPS) is 10.2. The summed E-state index contributed by atoms with van der Waals surface area (Å²) in [6.07, 6.45) is 1.68. The lowest BCUT2D eigenvalue weighted by Crippen LogP contribution is -2.32. The van der Waals surface area contributed by atoms with Crippen LogP contribution in [0.4, 0.5) is 10.6 Å². The number of nitrogens with zero attached hydrogens (tertiary/aromatic N) is 2. The van der Waals surface area contributed by atoms with Crippen LogP contribution in [0.1, 0.15) is 6.92 Å². The Balaban J connectivity index is 2.12. The molecular weight excluding hydrogens is 312 g/mol. The van der Waals surface area contributed by atoms with Gasteiger partial charge in [0, 0.05) is 10.7 Å². The monoisotopic (exact) mass is 322 g/mol. The lowest BCUT2D eigenvalue weighted by atomic mass is 10.3. The number of rotatable bonds is 3. The first-order chi connectivity index (χ1) is 9.04. The maximum absolute atomic E-state index is 11.5. The molecule has 0 aliphatic heterocycles. The van der Waals surface area contributed by atoms with Gasteiger partial charge in [-0.15, -0.1) is 0 Å². The summed E-state index contributed by atoms with van der Waals surface area (Å²) in [5, 5.41) is 4.98. The third-order valence-electron chi connectivity index (χ3n) is 2.24. The van der Waals surface area contributed by atoms with Gasteiger partial charge in [0.15, 0.2) is 0 Å². The number of aromatic nitrogens is 2. The fraction of sp³-hybridized carbons (Fsp3) is 0.167. The second kappa shape index (κ2) is 5.75. The molecule has 0 aliphatic carbocycles. The van der Waals surface area contributed by atoms with Crippen LogP contribution in [0.2, 0.25) is 0 Å². The lowest BCUT2D eigenvalue weighted by molar-refractivity contribution is -0.116. The largest absolute Gasteiger partial charge is 0.331 e. The van der Waals surface area contributed by atoms with Gasteiger partial charge in [0.05, 0.1) is 17.6 Å². The molecule has 2 rings (SSSR count). The van der Waals surface area contributed by atoms with E-state index in [-0.39, 0.29) is 12.3 Å². The van der Waals surface area contributed by atoms with Gasteiger partial charge in [-0.1, -0.05) is 0 Å². The van der Waals surface area contributed by atoms with Gasteiger partial charge < -0.3 is 5.32 Å². The second-order valence-corrected chi connectivity index (χ2v) is 4.81. The van der Waals surface area contributed by atoms with E-state index in [1.165, 1.54) is 6.92 Å². The SMILES string of the molecule is CC(=O)CNC(=O)Nc1ccc2ncc(Br)cc2n1. The van der Waals surface area contributed by atoms with Crippen molar-refractivity contribution in [3.8, 4) is 0 Å². The number of carbonyl (C=O) groups excluding carboxylic acids is 2. The molecule has 0 spiro atoms. The number of Topliss-reactive ketones (excluding diaryl/α,β-unsaturated/α-hetero) is 1. The van der Waals surface area contributed by atoms with Crippen molar-refractivity contribution >= 4 is 44.6 Å². The highest BCUT2D eigenvalue weighted by Crippen LogP contribution is 2.17. The van der Waals surface area contributed by atoms with Crippen molar-refractivity contribution < 1.29 is 9.59 Å². The molecule has 0 unspecified atom stereocenters. The van der Waals surface area contributed by atoms with E-state index in [4.69, 9.17) is 0 Å². The minimum Gasteiger partial charge on any atom is -0.331 e. The maximum Gasteiger partial charge on any atom is 0.320 e. The number of pyridine rings is 2. The van der Waals surface area contributed by atoms with E-state index in [1.807, 2.05) is 0 Å². The minimum atomic E-state index is -0.468. The first-order valence-electron chi connectivity index (χ1n) is 5.51. The molecule has 0 bridgehead atoms. The second-order valence-electron chi connectivity index (χ2n) is 3.90. The Bertz CT molecular complexity index is 645. The highest BCUT2D eigenvalue weighted by molar-refractivity contribution is 9.10. The molecule has 0 saturated heterocycles. The van der Waals surface area contributed by atoms with Crippen molar-refractivity contribution in [2.75, 3.05) is 11.9 Å². The van der Waals surface area contributed by atoms with E-state index in [0.29, 0.717) is 11.3 Å². The van der Waals surface area contributed by atoms with E-state index >= 15 is 0 Å². The fourth-order valence-electron chi connectivity index (χ4n) is 1.42. The van der Waals surface area contributed by atoms with Crippen LogP contribution in [-0.2, 0) is 4.79 Å². The summed E-state index contributed by atoms with van der Waals surface area (Å²) < 4.78 is 0.811. The van der Waals surface area contributed by atoms with Gasteiger partial charge in [-0.2, -0.15) is 0 Å². The van der Waals surface area contributed by atoms with Crippen LogP contribution in [0.5, 0.6) is 0 Å². The molecular formula is C12H11BrN4O2. The van der Waals surface area contributed by atoms with Gasteiger partial charge >= 0.3 is 6.03 Å². The first-order valence-corrected chi connectivity index (χ1v) is 6.30. The molecule has 0 aliphatic rings. The summed E-state index contributed by atoms with van der Waals surface area (Å²) in [4.78, 5) is 30.7. The Kier molecular flexibility index (Phi) is 4.06. The van der Waals surface area contributed by atoms with Crippen LogP contribution in [0.25, 0.3) is 11.0 Å². The molecule has 2 aromatic rings. The van der Waals surface area contributed by atoms with Gasteiger partial charge in [0.1, 0.15) is 11.6 Å². The average molecular weight is 323 g/mol. The van der Waals surface area contributed by atoms with E-state index < -0.39 is 6.03 Å². The molecule has 0 saturated carbocycles. The van der Waals surface area contributed by atoms with Crippen molar-refractivity contribution in [3.63, 3.8) is 0 Å². The Labute approximate surface area is 117 Å². The maximum atomic E-state index is 11.5. The summed E-state index contributed by atoms with van der Waals surface area (Å²) in [7, 11) is 0. The number of anilines is 1. The van der Waals surface area contributed by atoms with E-state index in [1.54, 1.807) is 24.4 Å². The Morgan fingerprint density at radius 2 is 2.11 bits per heavy atom. The van der Waals surface area contributed by atoms with Gasteiger partial charge in [-0.3, -0.25) is 15.1 Å². The number of hydrogen-bond donors (Lipinski definition) is 2. The summed E-state index contributed by atoms with van der Waals surface area (Å²) in [6, 6.07) is 4.75. The molecule has 2 aromatic heterocycles. The van der Waals surface area contributed by atoms with E-state index in [0.717, 1.165) is 9.99 Å². The zero-order chi connectivity index (χ0) is 13.8. The van der Waals surface area contributed by atoms with Crippen LogP contribution >= 0.6 is 15.9 Å². The van der Waals surface area contributed by atoms with Gasteiger partial charge in [0.2, 0.25) is 0 Å². The Hall–Kier alpha value is -2.02. The van der Waals surface area contributed by atoms with Crippen molar-refractivity contribution in [1.82, 2.24) is 15.3 Å². The third kappa shape index (κ3) is 3.72. The summed E-state index contributed by atoms with van der Waals surface area (Å²) in [5.74, 6) is 0.281. The van der Waals surface area contributed by atoms with E-state index in [9.17, 15) is 9.59 Å². The molecule has 0 radical (unpaired) electrons. The molecule has 2 amide bonds. The number of carbonyl (C=O) groups is 2. The standard InChI is InChI=1S/C12H11BrN4O2/c1-7(18)5-15-12(19)17-11-3-2-9-10(16-11)4-8(13)6-14-9/h2-4,6H,5H2,1H3,(H2,15,16,17,19). The number of ketones is 1. The molecule has 2 heterocycles. The van der Waals surface area contributed by atoms with Crippen molar-refractivity contribution in [3.05, 3.63) is 28.9 Å². The fourth-order valence-corrected chi connectivity index (χ4v) is 1.74. The summed E-state index contributed by atoms with van der Waals surface area (Å²) >= 11 is 3.31. The van der Waals surface area contributed by atoms with Crippen LogP contribution < -0.4 is 10.6 Å².